The first-order valence-corrected chi connectivity index (χ1v) is 7.44. The topological polar surface area (TPSA) is 39.4 Å². The molecule has 0 unspecified atom stereocenters. The van der Waals surface area contributed by atoms with E-state index in [9.17, 15) is 4.79 Å². The Morgan fingerprint density at radius 3 is 2.64 bits per heavy atom. The third-order valence-electron chi connectivity index (χ3n) is 3.60. The average molecular weight is 315 g/mol. The highest BCUT2D eigenvalue weighted by molar-refractivity contribution is 6.33. The van der Waals surface area contributed by atoms with E-state index in [4.69, 9.17) is 20.8 Å². The summed E-state index contributed by atoms with van der Waals surface area (Å²) < 4.78 is 11.2. The van der Waals surface area contributed by atoms with E-state index in [1.807, 2.05) is 32.0 Å². The van der Waals surface area contributed by atoms with Crippen molar-refractivity contribution < 1.29 is 9.15 Å². The molecule has 0 saturated carbocycles. The van der Waals surface area contributed by atoms with Crippen LogP contribution in [0.1, 0.15) is 12.5 Å². The quantitative estimate of drug-likeness (QED) is 0.695. The molecule has 4 heteroatoms. The van der Waals surface area contributed by atoms with Gasteiger partial charge >= 0.3 is 0 Å². The van der Waals surface area contributed by atoms with E-state index in [1.165, 1.54) is 6.26 Å². The molecule has 2 aromatic carbocycles. The van der Waals surface area contributed by atoms with Crippen molar-refractivity contribution >= 4 is 22.6 Å². The number of hydrogen-bond donors (Lipinski definition) is 0. The van der Waals surface area contributed by atoms with Gasteiger partial charge in [-0.2, -0.15) is 0 Å². The summed E-state index contributed by atoms with van der Waals surface area (Å²) in [5, 5.41) is 1.05. The van der Waals surface area contributed by atoms with Crippen LogP contribution >= 0.6 is 11.6 Å². The van der Waals surface area contributed by atoms with Crippen LogP contribution in [-0.2, 0) is 0 Å². The molecule has 0 radical (unpaired) electrons. The molecule has 0 amide bonds. The number of fused-ring (bicyclic) bond motifs is 1. The van der Waals surface area contributed by atoms with E-state index in [0.29, 0.717) is 33.7 Å². The Morgan fingerprint density at radius 2 is 1.91 bits per heavy atom. The monoisotopic (exact) mass is 314 g/mol. The fourth-order valence-electron chi connectivity index (χ4n) is 2.50. The predicted octanol–water partition coefficient (Wildman–Crippen LogP) is 4.82. The summed E-state index contributed by atoms with van der Waals surface area (Å²) in [7, 11) is 0. The second-order valence-electron chi connectivity index (χ2n) is 4.96. The molecule has 0 aliphatic rings. The minimum absolute atomic E-state index is 0.0968. The van der Waals surface area contributed by atoms with Crippen LogP contribution in [0.15, 0.2) is 51.9 Å². The summed E-state index contributed by atoms with van der Waals surface area (Å²) >= 11 is 6.18. The molecule has 1 heterocycles. The third kappa shape index (κ3) is 2.38. The lowest BCUT2D eigenvalue weighted by molar-refractivity contribution is 0.338. The first kappa shape index (κ1) is 14.7. The number of benzene rings is 2. The van der Waals surface area contributed by atoms with E-state index in [1.54, 1.807) is 18.2 Å². The van der Waals surface area contributed by atoms with E-state index in [-0.39, 0.29) is 5.43 Å². The maximum atomic E-state index is 12.7. The summed E-state index contributed by atoms with van der Waals surface area (Å²) in [6, 6.07) is 10.8. The second kappa shape index (κ2) is 5.85. The van der Waals surface area contributed by atoms with Gasteiger partial charge < -0.3 is 9.15 Å². The van der Waals surface area contributed by atoms with Crippen LogP contribution in [0.25, 0.3) is 22.1 Å². The zero-order valence-corrected chi connectivity index (χ0v) is 13.1. The van der Waals surface area contributed by atoms with E-state index >= 15 is 0 Å². The first-order valence-electron chi connectivity index (χ1n) is 7.06. The van der Waals surface area contributed by atoms with Crippen molar-refractivity contribution in [1.29, 1.82) is 0 Å². The van der Waals surface area contributed by atoms with Gasteiger partial charge in [-0.05, 0) is 32.0 Å². The van der Waals surface area contributed by atoms with Crippen molar-refractivity contribution in [3.8, 4) is 16.9 Å². The van der Waals surface area contributed by atoms with Crippen molar-refractivity contribution in [3.63, 3.8) is 0 Å². The molecule has 1 aromatic heterocycles. The Labute approximate surface area is 133 Å². The van der Waals surface area contributed by atoms with E-state index in [0.717, 1.165) is 11.3 Å². The predicted molar refractivity (Wildman–Crippen MR) is 88.8 cm³/mol. The fourth-order valence-corrected chi connectivity index (χ4v) is 2.74. The molecule has 0 atom stereocenters. The van der Waals surface area contributed by atoms with Crippen LogP contribution < -0.4 is 10.2 Å². The molecule has 22 heavy (non-hydrogen) atoms. The van der Waals surface area contributed by atoms with Crippen LogP contribution in [0.4, 0.5) is 0 Å². The largest absolute Gasteiger partial charge is 0.493 e. The molecule has 0 N–H and O–H groups in total. The van der Waals surface area contributed by atoms with Gasteiger partial charge in [-0.1, -0.05) is 29.8 Å². The summed E-state index contributed by atoms with van der Waals surface area (Å²) in [4.78, 5) is 12.7. The maximum Gasteiger partial charge on any atom is 0.200 e. The molecule has 0 spiro atoms. The first-order chi connectivity index (χ1) is 10.6. The molecular weight excluding hydrogens is 300 g/mol. The second-order valence-corrected chi connectivity index (χ2v) is 5.36. The number of halogens is 1. The van der Waals surface area contributed by atoms with E-state index in [2.05, 4.69) is 0 Å². The van der Waals surface area contributed by atoms with Crippen LogP contribution in [0.5, 0.6) is 5.75 Å². The molecule has 3 nitrogen and oxygen atoms in total. The van der Waals surface area contributed by atoms with Crippen LogP contribution in [0.3, 0.4) is 0 Å². The molecule has 112 valence electrons. The molecular formula is C18H15ClO3. The highest BCUT2D eigenvalue weighted by Crippen LogP contribution is 2.30. The lowest BCUT2D eigenvalue weighted by Crippen LogP contribution is -2.06. The van der Waals surface area contributed by atoms with Gasteiger partial charge in [0.25, 0.3) is 0 Å². The third-order valence-corrected chi connectivity index (χ3v) is 3.93. The van der Waals surface area contributed by atoms with Crippen molar-refractivity contribution in [2.75, 3.05) is 6.61 Å². The number of rotatable bonds is 3. The lowest BCUT2D eigenvalue weighted by atomic mass is 10.0. The molecule has 0 aliphatic carbocycles. The van der Waals surface area contributed by atoms with Gasteiger partial charge in [-0.3, -0.25) is 4.79 Å². The number of aryl methyl sites for hydroxylation is 1. The fraction of sp³-hybridized carbons (Fsp3) is 0.167. The molecule has 0 saturated heterocycles. The highest BCUT2D eigenvalue weighted by Gasteiger charge is 2.14. The standard InChI is InChI=1S/C18H15ClO3/c1-3-21-16-9-8-13-17(20)14(10-22-18(13)11(16)2)12-6-4-5-7-15(12)19/h4-10H,3H2,1-2H3. The Morgan fingerprint density at radius 1 is 1.14 bits per heavy atom. The van der Waals surface area contributed by atoms with Gasteiger partial charge in [0, 0.05) is 16.1 Å². The summed E-state index contributed by atoms with van der Waals surface area (Å²) in [6.45, 7) is 4.36. The molecule has 0 fully saturated rings. The van der Waals surface area contributed by atoms with Gasteiger partial charge in [0.1, 0.15) is 17.6 Å². The number of ether oxygens (including phenoxy) is 1. The highest BCUT2D eigenvalue weighted by atomic mass is 35.5. The van der Waals surface area contributed by atoms with Crippen molar-refractivity contribution in [1.82, 2.24) is 0 Å². The zero-order chi connectivity index (χ0) is 15.7. The smallest absolute Gasteiger partial charge is 0.200 e. The Kier molecular flexibility index (Phi) is 3.90. The normalized spacial score (nSPS) is 10.9. The summed E-state index contributed by atoms with van der Waals surface area (Å²) in [5.41, 5.74) is 2.41. The molecule has 0 aliphatic heterocycles. The van der Waals surface area contributed by atoms with Crippen molar-refractivity contribution in [3.05, 3.63) is 63.5 Å². The molecule has 3 aromatic rings. The van der Waals surface area contributed by atoms with Gasteiger partial charge in [-0.15, -0.1) is 0 Å². The Balaban J connectivity index is 2.26. The van der Waals surface area contributed by atoms with Gasteiger partial charge in [0.15, 0.2) is 0 Å². The van der Waals surface area contributed by atoms with Crippen LogP contribution in [0, 0.1) is 6.92 Å². The summed E-state index contributed by atoms with van der Waals surface area (Å²) in [5.74, 6) is 0.726. The number of hydrogen-bond acceptors (Lipinski definition) is 3. The van der Waals surface area contributed by atoms with Gasteiger partial charge in [-0.25, -0.2) is 0 Å². The van der Waals surface area contributed by atoms with Crippen molar-refractivity contribution in [2.24, 2.45) is 0 Å². The Hall–Kier alpha value is -2.26. The average Bonchev–Trinajstić information content (AvgIpc) is 2.52. The molecule has 3 rings (SSSR count). The van der Waals surface area contributed by atoms with Crippen LogP contribution in [0.2, 0.25) is 5.02 Å². The van der Waals surface area contributed by atoms with Crippen molar-refractivity contribution in [2.45, 2.75) is 13.8 Å². The minimum Gasteiger partial charge on any atom is -0.493 e. The van der Waals surface area contributed by atoms with Gasteiger partial charge in [0.2, 0.25) is 5.43 Å². The zero-order valence-electron chi connectivity index (χ0n) is 12.4. The Bertz CT molecular complexity index is 896. The van der Waals surface area contributed by atoms with Crippen LogP contribution in [-0.4, -0.2) is 6.61 Å². The van der Waals surface area contributed by atoms with E-state index < -0.39 is 0 Å². The SMILES string of the molecule is CCOc1ccc2c(=O)c(-c3ccccc3Cl)coc2c1C. The molecule has 0 bridgehead atoms. The lowest BCUT2D eigenvalue weighted by Gasteiger charge is -2.10. The van der Waals surface area contributed by atoms with Gasteiger partial charge in [0.05, 0.1) is 17.6 Å². The maximum absolute atomic E-state index is 12.7. The summed E-state index contributed by atoms with van der Waals surface area (Å²) in [6.07, 6.45) is 1.47. The minimum atomic E-state index is -0.0968.